The first kappa shape index (κ1) is 34.7. The van der Waals surface area contributed by atoms with Gasteiger partial charge in [-0.15, -0.1) is 0 Å². The molecule has 246 valence electrons. The highest BCUT2D eigenvalue weighted by molar-refractivity contribution is 5.86. The van der Waals surface area contributed by atoms with Crippen molar-refractivity contribution in [2.24, 2.45) is 11.8 Å². The van der Waals surface area contributed by atoms with Crippen LogP contribution in [0.25, 0.3) is 0 Å². The summed E-state index contributed by atoms with van der Waals surface area (Å²) in [6, 6.07) is 27.0. The molecule has 0 aliphatic heterocycles. The third-order valence-corrected chi connectivity index (χ3v) is 8.48. The number of amides is 3. The Kier molecular flexibility index (Phi) is 12.8. The summed E-state index contributed by atoms with van der Waals surface area (Å²) in [5.41, 5.74) is 2.34. The maximum Gasteiger partial charge on any atom is 0.408 e. The van der Waals surface area contributed by atoms with E-state index < -0.39 is 30.2 Å². The fourth-order valence-electron chi connectivity index (χ4n) is 6.17. The van der Waals surface area contributed by atoms with Gasteiger partial charge in [0.25, 0.3) is 0 Å². The molecule has 46 heavy (non-hydrogen) atoms. The summed E-state index contributed by atoms with van der Waals surface area (Å²) < 4.78 is 5.45. The van der Waals surface area contributed by atoms with Crippen LogP contribution in [-0.4, -0.2) is 46.7 Å². The number of hydrogen-bond donors (Lipinski definition) is 4. The van der Waals surface area contributed by atoms with E-state index in [4.69, 9.17) is 4.74 Å². The molecule has 1 aliphatic rings. The molecule has 0 bridgehead atoms. The number of benzene rings is 3. The Morgan fingerprint density at radius 2 is 1.33 bits per heavy atom. The van der Waals surface area contributed by atoms with Crippen molar-refractivity contribution in [2.75, 3.05) is 0 Å². The molecular weight excluding hydrogens is 578 g/mol. The van der Waals surface area contributed by atoms with E-state index in [9.17, 15) is 19.5 Å². The number of carbonyl (C=O) groups is 3. The summed E-state index contributed by atoms with van der Waals surface area (Å²) in [5, 5.41) is 20.7. The van der Waals surface area contributed by atoms with Crippen LogP contribution in [0.2, 0.25) is 0 Å². The first-order chi connectivity index (χ1) is 22.1. The van der Waals surface area contributed by atoms with Gasteiger partial charge >= 0.3 is 6.09 Å². The number of aliphatic hydroxyl groups is 1. The molecular formula is C38H49N3O5. The Hall–Kier alpha value is -4.17. The van der Waals surface area contributed by atoms with E-state index >= 15 is 0 Å². The summed E-state index contributed by atoms with van der Waals surface area (Å²) in [6.07, 6.45) is 3.03. The molecule has 3 aromatic carbocycles. The van der Waals surface area contributed by atoms with Gasteiger partial charge in [-0.3, -0.25) is 9.59 Å². The van der Waals surface area contributed by atoms with Crippen LogP contribution in [0.15, 0.2) is 91.0 Å². The Morgan fingerprint density at radius 1 is 0.783 bits per heavy atom. The number of carbonyl (C=O) groups excluding carboxylic acids is 3. The largest absolute Gasteiger partial charge is 0.445 e. The van der Waals surface area contributed by atoms with Crippen molar-refractivity contribution in [2.45, 2.75) is 96.1 Å². The predicted octanol–water partition coefficient (Wildman–Crippen LogP) is 5.72. The van der Waals surface area contributed by atoms with Crippen molar-refractivity contribution in [3.8, 4) is 0 Å². The van der Waals surface area contributed by atoms with Crippen LogP contribution in [0.5, 0.6) is 0 Å². The third kappa shape index (κ3) is 11.3. The minimum absolute atomic E-state index is 0.00696. The molecule has 8 nitrogen and oxygen atoms in total. The van der Waals surface area contributed by atoms with Crippen LogP contribution < -0.4 is 16.0 Å². The predicted molar refractivity (Wildman–Crippen MR) is 180 cm³/mol. The second-order valence-corrected chi connectivity index (χ2v) is 13.4. The van der Waals surface area contributed by atoms with Crippen molar-refractivity contribution in [1.29, 1.82) is 0 Å². The summed E-state index contributed by atoms with van der Waals surface area (Å²) in [4.78, 5) is 40.1. The van der Waals surface area contributed by atoms with Gasteiger partial charge in [-0.1, -0.05) is 104 Å². The van der Waals surface area contributed by atoms with Crippen LogP contribution in [0.4, 0.5) is 4.79 Å². The lowest BCUT2D eigenvalue weighted by molar-refractivity contribution is -0.130. The lowest BCUT2D eigenvalue weighted by Gasteiger charge is -2.36. The number of aliphatic hydroxyl groups excluding tert-OH is 1. The average molecular weight is 628 g/mol. The van der Waals surface area contributed by atoms with Crippen LogP contribution in [0, 0.1) is 11.8 Å². The zero-order valence-electron chi connectivity index (χ0n) is 27.3. The lowest BCUT2D eigenvalue weighted by Crippen LogP contribution is -2.54. The molecule has 0 radical (unpaired) electrons. The maximum atomic E-state index is 13.9. The standard InChI is InChI=1S/C38H49N3O5/c1-38(2,3)41-35(43)31-22-14-13-21-30(31)25-34(42)32(23-27-15-7-4-8-16-27)39-36(44)33(24-28-17-9-5-10-18-28)40-37(45)46-26-29-19-11-6-12-20-29/h4-12,15-20,30-34,42H,13-14,21-26H2,1-3H3,(H,39,44)(H,40,45)(H,41,43)/t30-,31+,32-,33-,34+/m0/s1. The van der Waals surface area contributed by atoms with Gasteiger partial charge in [0.15, 0.2) is 0 Å². The molecule has 0 spiro atoms. The highest BCUT2D eigenvalue weighted by Crippen LogP contribution is 2.34. The minimum atomic E-state index is -0.934. The first-order valence-corrected chi connectivity index (χ1v) is 16.4. The Morgan fingerprint density at radius 3 is 1.91 bits per heavy atom. The minimum Gasteiger partial charge on any atom is -0.445 e. The SMILES string of the molecule is CC(C)(C)NC(=O)[C@@H]1CCCC[C@H]1C[C@@H](O)[C@H](Cc1ccccc1)NC(=O)[C@H](Cc1ccccc1)NC(=O)OCc1ccccc1. The van der Waals surface area contributed by atoms with Gasteiger partial charge in [-0.2, -0.15) is 0 Å². The molecule has 0 heterocycles. The summed E-state index contributed by atoms with van der Waals surface area (Å²) >= 11 is 0. The van der Waals surface area contributed by atoms with Crippen molar-refractivity contribution in [3.63, 3.8) is 0 Å². The summed E-state index contributed by atoms with van der Waals surface area (Å²) in [5.74, 6) is -0.588. The highest BCUT2D eigenvalue weighted by Gasteiger charge is 2.36. The van der Waals surface area contributed by atoms with Gasteiger partial charge < -0.3 is 25.8 Å². The lowest BCUT2D eigenvalue weighted by atomic mass is 9.74. The molecule has 4 rings (SSSR count). The van der Waals surface area contributed by atoms with Crippen molar-refractivity contribution < 1.29 is 24.2 Å². The summed E-state index contributed by atoms with van der Waals surface area (Å²) in [6.45, 7) is 5.99. The van der Waals surface area contributed by atoms with Crippen LogP contribution in [0.1, 0.15) is 69.6 Å². The molecule has 1 saturated carbocycles. The van der Waals surface area contributed by atoms with Gasteiger partial charge in [-0.05, 0) is 69.1 Å². The average Bonchev–Trinajstić information content (AvgIpc) is 3.04. The maximum absolute atomic E-state index is 13.9. The Bertz CT molecular complexity index is 1380. The van der Waals surface area contributed by atoms with E-state index in [1.165, 1.54) is 0 Å². The fraction of sp³-hybridized carbons (Fsp3) is 0.447. The smallest absolute Gasteiger partial charge is 0.408 e. The van der Waals surface area contributed by atoms with E-state index in [0.717, 1.165) is 42.4 Å². The van der Waals surface area contributed by atoms with Crippen LogP contribution in [0.3, 0.4) is 0 Å². The monoisotopic (exact) mass is 627 g/mol. The fourth-order valence-corrected chi connectivity index (χ4v) is 6.17. The Labute approximate surface area is 273 Å². The first-order valence-electron chi connectivity index (χ1n) is 16.4. The number of rotatable bonds is 13. The molecule has 3 amide bonds. The second-order valence-electron chi connectivity index (χ2n) is 13.4. The molecule has 1 aliphatic carbocycles. The topological polar surface area (TPSA) is 117 Å². The van der Waals surface area contributed by atoms with Gasteiger partial charge in [0.05, 0.1) is 12.1 Å². The van der Waals surface area contributed by atoms with E-state index in [2.05, 4.69) is 16.0 Å². The second kappa shape index (κ2) is 16.9. The Balaban J connectivity index is 1.50. The van der Waals surface area contributed by atoms with Crippen molar-refractivity contribution >= 4 is 17.9 Å². The number of ether oxygens (including phenoxy) is 1. The molecule has 3 aromatic rings. The van der Waals surface area contributed by atoms with Crippen LogP contribution in [-0.2, 0) is 33.8 Å². The zero-order chi connectivity index (χ0) is 32.9. The molecule has 0 saturated heterocycles. The molecule has 0 unspecified atom stereocenters. The number of alkyl carbamates (subject to hydrolysis) is 1. The zero-order valence-corrected chi connectivity index (χ0v) is 27.3. The van der Waals surface area contributed by atoms with Crippen molar-refractivity contribution in [3.05, 3.63) is 108 Å². The quantitative estimate of drug-likeness (QED) is 0.193. The van der Waals surface area contributed by atoms with E-state index in [0.29, 0.717) is 12.8 Å². The molecule has 4 N–H and O–H groups in total. The van der Waals surface area contributed by atoms with E-state index in [-0.39, 0.29) is 36.3 Å². The van der Waals surface area contributed by atoms with Crippen molar-refractivity contribution in [1.82, 2.24) is 16.0 Å². The third-order valence-electron chi connectivity index (χ3n) is 8.48. The highest BCUT2D eigenvalue weighted by atomic mass is 16.5. The number of hydrogen-bond acceptors (Lipinski definition) is 5. The van der Waals surface area contributed by atoms with Gasteiger partial charge in [0, 0.05) is 17.9 Å². The molecule has 5 atom stereocenters. The number of nitrogens with one attached hydrogen (secondary N) is 3. The summed E-state index contributed by atoms with van der Waals surface area (Å²) in [7, 11) is 0. The molecule has 1 fully saturated rings. The van der Waals surface area contributed by atoms with E-state index in [1.54, 1.807) is 0 Å². The van der Waals surface area contributed by atoms with Gasteiger partial charge in [-0.25, -0.2) is 4.79 Å². The molecule has 0 aromatic heterocycles. The normalized spacial score (nSPS) is 18.4. The van der Waals surface area contributed by atoms with Crippen LogP contribution >= 0.6 is 0 Å². The molecule has 8 heteroatoms. The van der Waals surface area contributed by atoms with Gasteiger partial charge in [0.1, 0.15) is 12.6 Å². The van der Waals surface area contributed by atoms with E-state index in [1.807, 2.05) is 112 Å². The van der Waals surface area contributed by atoms with Gasteiger partial charge in [0.2, 0.25) is 11.8 Å².